The van der Waals surface area contributed by atoms with Crippen molar-refractivity contribution in [2.75, 3.05) is 13.6 Å². The van der Waals surface area contributed by atoms with Crippen molar-refractivity contribution in [1.82, 2.24) is 34.9 Å². The van der Waals surface area contributed by atoms with Crippen LogP contribution in [0.4, 0.5) is 0 Å². The van der Waals surface area contributed by atoms with Crippen molar-refractivity contribution in [3.63, 3.8) is 0 Å². The van der Waals surface area contributed by atoms with Crippen LogP contribution in [0, 0.1) is 13.8 Å². The van der Waals surface area contributed by atoms with E-state index < -0.39 is 0 Å². The first kappa shape index (κ1) is 19.2. The molecule has 0 atom stereocenters. The van der Waals surface area contributed by atoms with E-state index in [9.17, 15) is 4.79 Å². The van der Waals surface area contributed by atoms with Gasteiger partial charge in [0.15, 0.2) is 0 Å². The fraction of sp³-hybridized carbons (Fsp3) is 0.444. The molecule has 3 rings (SSSR count). The molecule has 8 nitrogen and oxygen atoms in total. The highest BCUT2D eigenvalue weighted by Gasteiger charge is 2.17. The van der Waals surface area contributed by atoms with E-state index >= 15 is 0 Å². The summed E-state index contributed by atoms with van der Waals surface area (Å²) < 4.78 is 2.03. The van der Waals surface area contributed by atoms with Crippen LogP contribution < -0.4 is 5.32 Å². The monoisotopic (exact) mass is 387 g/mol. The first-order valence-electron chi connectivity index (χ1n) is 8.82. The minimum atomic E-state index is 0.0277. The third-order valence-electron chi connectivity index (χ3n) is 4.14. The van der Waals surface area contributed by atoms with Crippen LogP contribution in [0.1, 0.15) is 30.2 Å². The van der Waals surface area contributed by atoms with E-state index in [0.29, 0.717) is 19.0 Å². The molecule has 2 N–H and O–H groups in total. The highest BCUT2D eigenvalue weighted by atomic mass is 32.1. The average molecular weight is 388 g/mol. The summed E-state index contributed by atoms with van der Waals surface area (Å²) in [4.78, 5) is 22.9. The summed E-state index contributed by atoms with van der Waals surface area (Å²) >= 11 is 1.61. The molecule has 9 heteroatoms. The summed E-state index contributed by atoms with van der Waals surface area (Å²) in [6.07, 6.45) is 1.50. The Hall–Kier alpha value is -2.52. The van der Waals surface area contributed by atoms with Crippen LogP contribution in [0.15, 0.2) is 17.8 Å². The number of hydrogen-bond donors (Lipinski definition) is 2. The zero-order chi connectivity index (χ0) is 19.6. The van der Waals surface area contributed by atoms with Crippen LogP contribution in [0.3, 0.4) is 0 Å². The third kappa shape index (κ3) is 4.42. The molecule has 3 aromatic rings. The SMILES string of the molecule is Cc1cc(-c2csc(CN(C)CC(=O)NC(C)C)n2)c(C)n1-c1ncn[nH]1. The van der Waals surface area contributed by atoms with E-state index in [-0.39, 0.29) is 11.9 Å². The number of aromatic nitrogens is 5. The van der Waals surface area contributed by atoms with Gasteiger partial charge in [-0.1, -0.05) is 0 Å². The van der Waals surface area contributed by atoms with Gasteiger partial charge in [0, 0.05) is 28.4 Å². The normalized spacial score (nSPS) is 11.5. The minimum absolute atomic E-state index is 0.0277. The number of nitrogens with one attached hydrogen (secondary N) is 2. The van der Waals surface area contributed by atoms with Crippen molar-refractivity contribution in [2.45, 2.75) is 40.3 Å². The van der Waals surface area contributed by atoms with Gasteiger partial charge in [0.1, 0.15) is 11.3 Å². The molecular weight excluding hydrogens is 362 g/mol. The number of likely N-dealkylation sites (N-methyl/N-ethyl adjacent to an activating group) is 1. The minimum Gasteiger partial charge on any atom is -0.353 e. The largest absolute Gasteiger partial charge is 0.353 e. The third-order valence-corrected chi connectivity index (χ3v) is 4.97. The predicted molar refractivity (Wildman–Crippen MR) is 106 cm³/mol. The molecule has 0 fully saturated rings. The first-order chi connectivity index (χ1) is 12.8. The molecule has 27 heavy (non-hydrogen) atoms. The van der Waals surface area contributed by atoms with Gasteiger partial charge >= 0.3 is 0 Å². The molecule has 0 radical (unpaired) electrons. The fourth-order valence-electron chi connectivity index (χ4n) is 3.06. The lowest BCUT2D eigenvalue weighted by molar-refractivity contribution is -0.122. The maximum absolute atomic E-state index is 11.9. The molecule has 3 heterocycles. The van der Waals surface area contributed by atoms with E-state index in [1.807, 2.05) is 44.2 Å². The Bertz CT molecular complexity index is 910. The molecule has 1 amide bonds. The number of H-pyrrole nitrogens is 1. The summed E-state index contributed by atoms with van der Waals surface area (Å²) in [7, 11) is 1.93. The van der Waals surface area contributed by atoms with E-state index in [1.165, 1.54) is 6.33 Å². The molecule has 0 aliphatic heterocycles. The number of amides is 1. The zero-order valence-electron chi connectivity index (χ0n) is 16.3. The second-order valence-corrected chi connectivity index (χ2v) is 7.89. The number of hydrogen-bond acceptors (Lipinski definition) is 6. The quantitative estimate of drug-likeness (QED) is 0.649. The topological polar surface area (TPSA) is 91.7 Å². The number of aromatic amines is 1. The Morgan fingerprint density at radius 1 is 1.41 bits per heavy atom. The highest BCUT2D eigenvalue weighted by molar-refractivity contribution is 7.09. The number of carbonyl (C=O) groups is 1. The maximum atomic E-state index is 11.9. The summed E-state index contributed by atoms with van der Waals surface area (Å²) in [5.41, 5.74) is 4.14. The van der Waals surface area contributed by atoms with Crippen molar-refractivity contribution in [2.24, 2.45) is 0 Å². The van der Waals surface area contributed by atoms with Crippen molar-refractivity contribution < 1.29 is 4.79 Å². The molecule has 0 spiro atoms. The van der Waals surface area contributed by atoms with Gasteiger partial charge in [-0.15, -0.1) is 11.3 Å². The van der Waals surface area contributed by atoms with Crippen LogP contribution in [0.25, 0.3) is 17.2 Å². The number of carbonyl (C=O) groups excluding carboxylic acids is 1. The van der Waals surface area contributed by atoms with Crippen molar-refractivity contribution in [3.8, 4) is 17.2 Å². The molecule has 0 saturated heterocycles. The lowest BCUT2D eigenvalue weighted by Crippen LogP contribution is -2.38. The zero-order valence-corrected chi connectivity index (χ0v) is 17.1. The number of thiazole rings is 1. The smallest absolute Gasteiger partial charge is 0.234 e. The Morgan fingerprint density at radius 2 is 2.19 bits per heavy atom. The van der Waals surface area contributed by atoms with Crippen molar-refractivity contribution in [3.05, 3.63) is 34.2 Å². The predicted octanol–water partition coefficient (Wildman–Crippen LogP) is 2.29. The van der Waals surface area contributed by atoms with E-state index in [2.05, 4.69) is 31.9 Å². The second kappa shape index (κ2) is 8.01. The van der Waals surface area contributed by atoms with E-state index in [0.717, 1.165) is 27.7 Å². The Labute approximate surface area is 162 Å². The van der Waals surface area contributed by atoms with Gasteiger partial charge in [0.05, 0.1) is 18.8 Å². The van der Waals surface area contributed by atoms with Gasteiger partial charge in [-0.05, 0) is 40.8 Å². The summed E-state index contributed by atoms with van der Waals surface area (Å²) in [6.45, 7) is 8.99. The number of rotatable bonds is 7. The standard InChI is InChI=1S/C18H25N7OS/c1-11(2)21-16(26)7-24(5)8-17-22-15(9-27-17)14-6-12(3)25(13(14)4)18-19-10-20-23-18/h6,9-11H,7-8H2,1-5H3,(H,21,26)(H,19,20,23). The van der Waals surface area contributed by atoms with Gasteiger partial charge in [0.2, 0.25) is 11.9 Å². The van der Waals surface area contributed by atoms with Crippen molar-refractivity contribution >= 4 is 17.2 Å². The van der Waals surface area contributed by atoms with Gasteiger partial charge < -0.3 is 5.32 Å². The molecule has 0 bridgehead atoms. The summed E-state index contributed by atoms with van der Waals surface area (Å²) in [5, 5.41) is 12.8. The van der Waals surface area contributed by atoms with Crippen LogP contribution >= 0.6 is 11.3 Å². The Morgan fingerprint density at radius 3 is 2.85 bits per heavy atom. The van der Waals surface area contributed by atoms with Gasteiger partial charge in [-0.3, -0.25) is 14.3 Å². The molecule has 144 valence electrons. The summed E-state index contributed by atoms with van der Waals surface area (Å²) in [6, 6.07) is 2.26. The molecule has 0 saturated carbocycles. The average Bonchev–Trinajstić information content (AvgIpc) is 3.27. The molecule has 3 aromatic heterocycles. The van der Waals surface area contributed by atoms with Gasteiger partial charge in [-0.25, -0.2) is 10.1 Å². The maximum Gasteiger partial charge on any atom is 0.234 e. The molecule has 0 aliphatic rings. The van der Waals surface area contributed by atoms with Crippen LogP contribution in [-0.2, 0) is 11.3 Å². The van der Waals surface area contributed by atoms with Crippen LogP contribution in [0.5, 0.6) is 0 Å². The molecular formula is C18H25N7OS. The van der Waals surface area contributed by atoms with Gasteiger partial charge in [0.25, 0.3) is 0 Å². The van der Waals surface area contributed by atoms with Crippen LogP contribution in [0.2, 0.25) is 0 Å². The Kier molecular flexibility index (Phi) is 5.71. The molecule has 0 aliphatic carbocycles. The number of aryl methyl sites for hydroxylation is 1. The second-order valence-electron chi connectivity index (χ2n) is 6.95. The van der Waals surface area contributed by atoms with Gasteiger partial charge in [-0.2, -0.15) is 10.1 Å². The lowest BCUT2D eigenvalue weighted by atomic mass is 10.2. The lowest BCUT2D eigenvalue weighted by Gasteiger charge is -2.16. The van der Waals surface area contributed by atoms with Crippen LogP contribution in [-0.4, -0.2) is 55.2 Å². The van der Waals surface area contributed by atoms with E-state index in [1.54, 1.807) is 11.3 Å². The Balaban J connectivity index is 1.73. The highest BCUT2D eigenvalue weighted by Crippen LogP contribution is 2.29. The number of nitrogens with zero attached hydrogens (tertiary/aromatic N) is 5. The summed E-state index contributed by atoms with van der Waals surface area (Å²) in [5.74, 6) is 0.725. The van der Waals surface area contributed by atoms with E-state index in [4.69, 9.17) is 4.98 Å². The molecule has 0 aromatic carbocycles. The fourth-order valence-corrected chi connectivity index (χ4v) is 3.93. The molecule has 0 unspecified atom stereocenters. The first-order valence-corrected chi connectivity index (χ1v) is 9.70. The van der Waals surface area contributed by atoms with Crippen molar-refractivity contribution in [1.29, 1.82) is 0 Å².